The van der Waals surface area contributed by atoms with Crippen LogP contribution in [0.15, 0.2) is 12.1 Å². The summed E-state index contributed by atoms with van der Waals surface area (Å²) in [5.41, 5.74) is 0.387. The number of nitrogens with zero attached hydrogens (tertiary/aromatic N) is 2. The van der Waals surface area contributed by atoms with Gasteiger partial charge in [0.05, 0.1) is 0 Å². The van der Waals surface area contributed by atoms with E-state index in [1.165, 1.54) is 32.1 Å². The second-order valence-corrected chi connectivity index (χ2v) is 5.78. The summed E-state index contributed by atoms with van der Waals surface area (Å²) in [5, 5.41) is 14.0. The summed E-state index contributed by atoms with van der Waals surface area (Å²) in [5.74, 6) is 1.47. The number of carbonyl (C=O) groups is 1. The van der Waals surface area contributed by atoms with Crippen LogP contribution in [0.3, 0.4) is 0 Å². The van der Waals surface area contributed by atoms with Gasteiger partial charge in [-0.05, 0) is 37.3 Å². The predicted octanol–water partition coefficient (Wildman–Crippen LogP) is 3.00. The summed E-state index contributed by atoms with van der Waals surface area (Å²) < 4.78 is 0. The second-order valence-electron chi connectivity index (χ2n) is 5.78. The standard InChI is InChI=1S/C16H26N4O/c1-2-11-17-15-10-9-14(19-20-15)16(21)18-12-5-8-13-6-3-4-7-13/h9-10,13H,2-8,11-12H2,1H3,(H,17,20)(H,18,21). The highest BCUT2D eigenvalue weighted by atomic mass is 16.1. The number of carbonyl (C=O) groups excluding carboxylic acids is 1. The molecular formula is C16H26N4O. The minimum absolute atomic E-state index is 0.129. The van der Waals surface area contributed by atoms with Crippen molar-refractivity contribution in [1.29, 1.82) is 0 Å². The van der Waals surface area contributed by atoms with Gasteiger partial charge in [0.25, 0.3) is 5.91 Å². The molecule has 1 aliphatic rings. The van der Waals surface area contributed by atoms with E-state index >= 15 is 0 Å². The zero-order valence-corrected chi connectivity index (χ0v) is 12.9. The van der Waals surface area contributed by atoms with Crippen LogP contribution in [0.1, 0.15) is 62.4 Å². The van der Waals surface area contributed by atoms with Gasteiger partial charge in [-0.2, -0.15) is 0 Å². The van der Waals surface area contributed by atoms with E-state index in [4.69, 9.17) is 0 Å². The fraction of sp³-hybridized carbons (Fsp3) is 0.688. The lowest BCUT2D eigenvalue weighted by Gasteiger charge is -2.09. The van der Waals surface area contributed by atoms with Crippen LogP contribution in [0.25, 0.3) is 0 Å². The molecule has 1 aromatic rings. The molecule has 5 nitrogen and oxygen atoms in total. The number of hydrogen-bond acceptors (Lipinski definition) is 4. The number of rotatable bonds is 8. The molecule has 2 rings (SSSR count). The molecule has 116 valence electrons. The van der Waals surface area contributed by atoms with Crippen molar-refractivity contribution in [1.82, 2.24) is 15.5 Å². The molecule has 0 radical (unpaired) electrons. The van der Waals surface area contributed by atoms with Gasteiger partial charge in [0.15, 0.2) is 5.69 Å². The van der Waals surface area contributed by atoms with Crippen molar-refractivity contribution in [3.8, 4) is 0 Å². The number of hydrogen-bond donors (Lipinski definition) is 2. The van der Waals surface area contributed by atoms with Crippen molar-refractivity contribution in [3.05, 3.63) is 17.8 Å². The normalized spacial score (nSPS) is 15.1. The molecule has 2 N–H and O–H groups in total. The van der Waals surface area contributed by atoms with Crippen molar-refractivity contribution in [2.24, 2.45) is 5.92 Å². The maximum Gasteiger partial charge on any atom is 0.271 e. The summed E-state index contributed by atoms with van der Waals surface area (Å²) in [6.07, 6.45) is 8.81. The first kappa shape index (κ1) is 15.7. The predicted molar refractivity (Wildman–Crippen MR) is 84.3 cm³/mol. The Hall–Kier alpha value is -1.65. The monoisotopic (exact) mass is 290 g/mol. The van der Waals surface area contributed by atoms with Crippen molar-refractivity contribution >= 4 is 11.7 Å². The Morgan fingerprint density at radius 2 is 2.05 bits per heavy atom. The molecule has 0 saturated heterocycles. The summed E-state index contributed by atoms with van der Waals surface area (Å²) in [6.45, 7) is 3.68. The molecule has 0 spiro atoms. The van der Waals surface area contributed by atoms with Crippen molar-refractivity contribution in [2.75, 3.05) is 18.4 Å². The highest BCUT2D eigenvalue weighted by molar-refractivity contribution is 5.92. The zero-order valence-electron chi connectivity index (χ0n) is 12.9. The minimum atomic E-state index is -0.129. The Balaban J connectivity index is 1.67. The first-order valence-electron chi connectivity index (χ1n) is 8.15. The van der Waals surface area contributed by atoms with E-state index in [1.807, 2.05) is 0 Å². The van der Waals surface area contributed by atoms with Gasteiger partial charge in [-0.25, -0.2) is 0 Å². The number of anilines is 1. The first-order chi connectivity index (χ1) is 10.3. The zero-order chi connectivity index (χ0) is 14.9. The Morgan fingerprint density at radius 3 is 2.71 bits per heavy atom. The van der Waals surface area contributed by atoms with E-state index in [-0.39, 0.29) is 5.91 Å². The Labute approximate surface area is 126 Å². The molecule has 0 aliphatic heterocycles. The Bertz CT molecular complexity index is 426. The SMILES string of the molecule is CCCNc1ccc(C(=O)NCCCC2CCCC2)nn1. The van der Waals surface area contributed by atoms with Gasteiger partial charge in [-0.15, -0.1) is 10.2 Å². The molecule has 0 atom stereocenters. The van der Waals surface area contributed by atoms with E-state index < -0.39 is 0 Å². The topological polar surface area (TPSA) is 66.9 Å². The summed E-state index contributed by atoms with van der Waals surface area (Å²) >= 11 is 0. The van der Waals surface area contributed by atoms with Gasteiger partial charge in [0.2, 0.25) is 0 Å². The van der Waals surface area contributed by atoms with Gasteiger partial charge in [-0.1, -0.05) is 32.6 Å². The van der Waals surface area contributed by atoms with Crippen molar-refractivity contribution in [2.45, 2.75) is 51.9 Å². The minimum Gasteiger partial charge on any atom is -0.369 e. The van der Waals surface area contributed by atoms with E-state index in [0.29, 0.717) is 5.69 Å². The van der Waals surface area contributed by atoms with E-state index in [9.17, 15) is 4.79 Å². The smallest absolute Gasteiger partial charge is 0.271 e. The van der Waals surface area contributed by atoms with Gasteiger partial charge >= 0.3 is 0 Å². The van der Waals surface area contributed by atoms with Crippen LogP contribution >= 0.6 is 0 Å². The van der Waals surface area contributed by atoms with E-state index in [0.717, 1.165) is 37.7 Å². The second kappa shape index (κ2) is 8.60. The fourth-order valence-electron chi connectivity index (χ4n) is 2.78. The molecule has 0 bridgehead atoms. The molecule has 1 amide bonds. The third-order valence-corrected chi connectivity index (χ3v) is 4.00. The van der Waals surface area contributed by atoms with Gasteiger partial charge in [0.1, 0.15) is 5.82 Å². The van der Waals surface area contributed by atoms with Crippen molar-refractivity contribution in [3.63, 3.8) is 0 Å². The van der Waals surface area contributed by atoms with Crippen LogP contribution in [0.4, 0.5) is 5.82 Å². The van der Waals surface area contributed by atoms with Crippen LogP contribution in [0.5, 0.6) is 0 Å². The lowest BCUT2D eigenvalue weighted by molar-refractivity contribution is 0.0946. The lowest BCUT2D eigenvalue weighted by Crippen LogP contribution is -2.26. The third kappa shape index (κ3) is 5.33. The lowest BCUT2D eigenvalue weighted by atomic mass is 10.0. The molecular weight excluding hydrogens is 264 g/mol. The number of amides is 1. The summed E-state index contributed by atoms with van der Waals surface area (Å²) in [4.78, 5) is 11.9. The van der Waals surface area contributed by atoms with Crippen LogP contribution < -0.4 is 10.6 Å². The van der Waals surface area contributed by atoms with Crippen LogP contribution in [-0.4, -0.2) is 29.2 Å². The Kier molecular flexibility index (Phi) is 6.44. The largest absolute Gasteiger partial charge is 0.369 e. The fourth-order valence-corrected chi connectivity index (χ4v) is 2.78. The molecule has 1 fully saturated rings. The molecule has 1 saturated carbocycles. The number of nitrogens with one attached hydrogen (secondary N) is 2. The number of aromatic nitrogens is 2. The van der Waals surface area contributed by atoms with Crippen molar-refractivity contribution < 1.29 is 4.79 Å². The molecule has 0 aromatic carbocycles. The van der Waals surface area contributed by atoms with E-state index in [1.54, 1.807) is 12.1 Å². The average molecular weight is 290 g/mol. The maximum absolute atomic E-state index is 11.9. The van der Waals surface area contributed by atoms with Crippen LogP contribution in [-0.2, 0) is 0 Å². The van der Waals surface area contributed by atoms with Crippen LogP contribution in [0, 0.1) is 5.92 Å². The maximum atomic E-state index is 11.9. The highest BCUT2D eigenvalue weighted by Crippen LogP contribution is 2.28. The third-order valence-electron chi connectivity index (χ3n) is 4.00. The molecule has 1 aliphatic carbocycles. The van der Waals surface area contributed by atoms with Crippen LogP contribution in [0.2, 0.25) is 0 Å². The molecule has 1 heterocycles. The van der Waals surface area contributed by atoms with Gasteiger partial charge < -0.3 is 10.6 Å². The summed E-state index contributed by atoms with van der Waals surface area (Å²) in [7, 11) is 0. The average Bonchev–Trinajstić information content (AvgIpc) is 3.03. The molecule has 5 heteroatoms. The highest BCUT2D eigenvalue weighted by Gasteiger charge is 2.14. The Morgan fingerprint density at radius 1 is 1.24 bits per heavy atom. The first-order valence-corrected chi connectivity index (χ1v) is 8.15. The molecule has 0 unspecified atom stereocenters. The van der Waals surface area contributed by atoms with E-state index in [2.05, 4.69) is 27.8 Å². The quantitative estimate of drug-likeness (QED) is 0.722. The molecule has 1 aromatic heterocycles. The van der Waals surface area contributed by atoms with Gasteiger partial charge in [0, 0.05) is 13.1 Å². The summed E-state index contributed by atoms with van der Waals surface area (Å²) in [6, 6.07) is 3.52. The van der Waals surface area contributed by atoms with Gasteiger partial charge in [-0.3, -0.25) is 4.79 Å². The molecule has 21 heavy (non-hydrogen) atoms.